The molecule has 3 aliphatic rings. The number of nitrogens with one attached hydrogen (secondary N) is 1. The van der Waals surface area contributed by atoms with E-state index < -0.39 is 0 Å². The van der Waals surface area contributed by atoms with Crippen molar-refractivity contribution in [1.82, 2.24) is 10.2 Å². The predicted molar refractivity (Wildman–Crippen MR) is 112 cm³/mol. The van der Waals surface area contributed by atoms with Gasteiger partial charge < -0.3 is 19.9 Å². The third-order valence-electron chi connectivity index (χ3n) is 6.24. The van der Waals surface area contributed by atoms with Crippen molar-refractivity contribution in [3.8, 4) is 0 Å². The van der Waals surface area contributed by atoms with Crippen molar-refractivity contribution in [3.05, 3.63) is 29.8 Å². The van der Waals surface area contributed by atoms with Crippen molar-refractivity contribution >= 4 is 17.6 Å². The minimum atomic E-state index is 0.241. The lowest BCUT2D eigenvalue weighted by Crippen LogP contribution is -2.41. The zero-order valence-electron chi connectivity index (χ0n) is 17.0. The number of amides is 1. The van der Waals surface area contributed by atoms with E-state index in [1.807, 2.05) is 4.90 Å². The zero-order chi connectivity index (χ0) is 19.4. The van der Waals surface area contributed by atoms with Crippen molar-refractivity contribution in [1.29, 1.82) is 0 Å². The number of carbonyl (C=O) groups is 1. The minimum absolute atomic E-state index is 0.241. The first-order chi connectivity index (χ1) is 13.7. The second kappa shape index (κ2) is 8.52. The Labute approximate surface area is 167 Å². The quantitative estimate of drug-likeness (QED) is 0.641. The Morgan fingerprint density at radius 3 is 2.79 bits per heavy atom. The molecule has 6 heteroatoms. The summed E-state index contributed by atoms with van der Waals surface area (Å²) >= 11 is 0. The van der Waals surface area contributed by atoms with Gasteiger partial charge in [-0.25, -0.2) is 4.99 Å². The van der Waals surface area contributed by atoms with E-state index in [1.165, 1.54) is 18.4 Å². The van der Waals surface area contributed by atoms with E-state index >= 15 is 0 Å². The first-order valence-electron chi connectivity index (χ1n) is 10.7. The summed E-state index contributed by atoms with van der Waals surface area (Å²) < 4.78 is 5.65. The normalized spacial score (nSPS) is 25.8. The third kappa shape index (κ3) is 4.17. The summed E-state index contributed by atoms with van der Waals surface area (Å²) in [6, 6.07) is 8.31. The van der Waals surface area contributed by atoms with Gasteiger partial charge in [-0.1, -0.05) is 12.1 Å². The van der Waals surface area contributed by atoms with Gasteiger partial charge in [0.15, 0.2) is 5.96 Å². The molecule has 1 unspecified atom stereocenters. The largest absolute Gasteiger partial charge is 0.381 e. The molecular weight excluding hydrogens is 352 g/mol. The van der Waals surface area contributed by atoms with E-state index in [4.69, 9.17) is 9.73 Å². The van der Waals surface area contributed by atoms with Crippen LogP contribution in [0.5, 0.6) is 0 Å². The molecule has 6 nitrogen and oxygen atoms in total. The van der Waals surface area contributed by atoms with Gasteiger partial charge >= 0.3 is 0 Å². The number of ether oxygens (including phenoxy) is 1. The highest BCUT2D eigenvalue weighted by atomic mass is 16.5. The Bertz CT molecular complexity index is 710. The van der Waals surface area contributed by atoms with Crippen molar-refractivity contribution < 1.29 is 9.53 Å². The average Bonchev–Trinajstić information content (AvgIpc) is 3.36. The summed E-state index contributed by atoms with van der Waals surface area (Å²) in [5, 5.41) is 3.45. The summed E-state index contributed by atoms with van der Waals surface area (Å²) in [6.07, 6.45) is 5.13. The fourth-order valence-electron chi connectivity index (χ4n) is 4.54. The van der Waals surface area contributed by atoms with Crippen LogP contribution in [0, 0.1) is 5.41 Å². The van der Waals surface area contributed by atoms with Gasteiger partial charge in [-0.05, 0) is 50.3 Å². The molecule has 1 aromatic carbocycles. The van der Waals surface area contributed by atoms with Gasteiger partial charge in [-0.15, -0.1) is 0 Å². The van der Waals surface area contributed by atoms with Crippen LogP contribution in [0.15, 0.2) is 29.3 Å². The molecule has 3 heterocycles. The molecule has 1 aromatic rings. The number of hydrogen-bond donors (Lipinski definition) is 1. The van der Waals surface area contributed by atoms with E-state index in [0.29, 0.717) is 18.4 Å². The van der Waals surface area contributed by atoms with E-state index in [1.54, 1.807) is 0 Å². The molecule has 0 aliphatic carbocycles. The molecule has 3 fully saturated rings. The van der Waals surface area contributed by atoms with Crippen LogP contribution in [0.1, 0.15) is 44.6 Å². The summed E-state index contributed by atoms with van der Waals surface area (Å²) in [6.45, 7) is 8.34. The number of piperidine rings is 1. The first-order valence-corrected chi connectivity index (χ1v) is 10.7. The van der Waals surface area contributed by atoms with Crippen LogP contribution in [0.4, 0.5) is 5.69 Å². The Morgan fingerprint density at radius 1 is 1.21 bits per heavy atom. The Hall–Kier alpha value is -2.08. The molecule has 1 amide bonds. The van der Waals surface area contributed by atoms with Crippen LogP contribution in [0.25, 0.3) is 0 Å². The molecule has 3 aliphatic heterocycles. The number of carbonyl (C=O) groups excluding carboxylic acids is 1. The number of likely N-dealkylation sites (tertiary alicyclic amines) is 1. The lowest BCUT2D eigenvalue weighted by molar-refractivity contribution is -0.119. The number of hydrogen-bond acceptors (Lipinski definition) is 3. The monoisotopic (exact) mass is 384 g/mol. The second-order valence-corrected chi connectivity index (χ2v) is 8.31. The molecule has 1 N–H and O–H groups in total. The fraction of sp³-hybridized carbons (Fsp3) is 0.636. The molecule has 0 bridgehead atoms. The molecule has 4 rings (SSSR count). The maximum Gasteiger partial charge on any atom is 0.226 e. The third-order valence-corrected chi connectivity index (χ3v) is 6.24. The number of anilines is 1. The molecule has 0 radical (unpaired) electrons. The van der Waals surface area contributed by atoms with E-state index in [2.05, 4.69) is 41.4 Å². The standard InChI is InChI=1S/C22H32N4O2/c1-2-23-21(25-13-10-22(16-25)11-14-28-17-22)24-15-18-6-8-19(9-7-18)26-12-4-3-5-20(26)27/h6-9H,2-5,10-17H2,1H3,(H,23,24). The van der Waals surface area contributed by atoms with Crippen LogP contribution in [-0.4, -0.2) is 56.2 Å². The molecule has 0 saturated carbocycles. The van der Waals surface area contributed by atoms with Crippen molar-refractivity contribution in [3.63, 3.8) is 0 Å². The highest BCUT2D eigenvalue weighted by Gasteiger charge is 2.42. The van der Waals surface area contributed by atoms with Gasteiger partial charge in [0.25, 0.3) is 0 Å². The molecule has 0 aromatic heterocycles. The van der Waals surface area contributed by atoms with E-state index in [0.717, 1.165) is 63.9 Å². The lowest BCUT2D eigenvalue weighted by atomic mass is 9.87. The highest BCUT2D eigenvalue weighted by Crippen LogP contribution is 2.38. The first kappa shape index (κ1) is 19.2. The minimum Gasteiger partial charge on any atom is -0.381 e. The second-order valence-electron chi connectivity index (χ2n) is 8.31. The molecular formula is C22H32N4O2. The maximum atomic E-state index is 12.1. The van der Waals surface area contributed by atoms with Gasteiger partial charge in [0.2, 0.25) is 5.91 Å². The predicted octanol–water partition coefficient (Wildman–Crippen LogP) is 2.78. The molecule has 3 saturated heterocycles. The Morgan fingerprint density at radius 2 is 2.07 bits per heavy atom. The number of aliphatic imine (C=N–C) groups is 1. The number of rotatable bonds is 4. The summed E-state index contributed by atoms with van der Waals surface area (Å²) in [7, 11) is 0. The molecule has 152 valence electrons. The molecule has 1 spiro atoms. The fourth-order valence-corrected chi connectivity index (χ4v) is 4.54. The van der Waals surface area contributed by atoms with Crippen LogP contribution in [-0.2, 0) is 16.1 Å². The SMILES string of the molecule is CCNC(=NCc1ccc(N2CCCCC2=O)cc1)N1CCC2(CCOC2)C1. The van der Waals surface area contributed by atoms with Crippen LogP contribution < -0.4 is 10.2 Å². The van der Waals surface area contributed by atoms with Crippen LogP contribution in [0.2, 0.25) is 0 Å². The van der Waals surface area contributed by atoms with Gasteiger partial charge in [0.05, 0.1) is 13.2 Å². The Kier molecular flexibility index (Phi) is 5.85. The summed E-state index contributed by atoms with van der Waals surface area (Å²) in [4.78, 5) is 21.3. The van der Waals surface area contributed by atoms with Gasteiger partial charge in [-0.3, -0.25) is 4.79 Å². The van der Waals surface area contributed by atoms with Crippen molar-refractivity contribution in [2.75, 3.05) is 44.3 Å². The van der Waals surface area contributed by atoms with Crippen molar-refractivity contribution in [2.45, 2.75) is 45.6 Å². The van der Waals surface area contributed by atoms with Gasteiger partial charge in [0.1, 0.15) is 0 Å². The van der Waals surface area contributed by atoms with Crippen LogP contribution in [0.3, 0.4) is 0 Å². The van der Waals surface area contributed by atoms with Gasteiger partial charge in [0, 0.05) is 50.3 Å². The number of benzene rings is 1. The van der Waals surface area contributed by atoms with Gasteiger partial charge in [-0.2, -0.15) is 0 Å². The zero-order valence-corrected chi connectivity index (χ0v) is 17.0. The molecule has 28 heavy (non-hydrogen) atoms. The van der Waals surface area contributed by atoms with Crippen LogP contribution >= 0.6 is 0 Å². The Balaban J connectivity index is 1.40. The van der Waals surface area contributed by atoms with E-state index in [9.17, 15) is 4.79 Å². The smallest absolute Gasteiger partial charge is 0.226 e. The number of guanidine groups is 1. The van der Waals surface area contributed by atoms with Crippen molar-refractivity contribution in [2.24, 2.45) is 10.4 Å². The molecule has 1 atom stereocenters. The summed E-state index contributed by atoms with van der Waals surface area (Å²) in [5.74, 6) is 1.24. The average molecular weight is 385 g/mol. The summed E-state index contributed by atoms with van der Waals surface area (Å²) in [5.41, 5.74) is 2.51. The highest BCUT2D eigenvalue weighted by molar-refractivity contribution is 5.93. The maximum absolute atomic E-state index is 12.1. The number of nitrogens with zero attached hydrogens (tertiary/aromatic N) is 3. The lowest BCUT2D eigenvalue weighted by Gasteiger charge is -2.27. The van der Waals surface area contributed by atoms with E-state index in [-0.39, 0.29) is 5.91 Å². The topological polar surface area (TPSA) is 57.2 Å².